The molecule has 0 unspecified atom stereocenters. The van der Waals surface area contributed by atoms with Gasteiger partial charge in [-0.3, -0.25) is 4.79 Å². The number of carbonyl (C=O) groups is 1. The van der Waals surface area contributed by atoms with Gasteiger partial charge in [-0.15, -0.1) is 0 Å². The molecular formula is C13H26N2O2. The topological polar surface area (TPSA) is 64.3 Å². The average molecular weight is 242 g/mol. The Kier molecular flexibility index (Phi) is 7.21. The molecule has 0 heterocycles. The summed E-state index contributed by atoms with van der Waals surface area (Å²) in [5.74, 6) is 0.428. The van der Waals surface area contributed by atoms with Crippen molar-refractivity contribution in [2.24, 2.45) is 11.7 Å². The predicted molar refractivity (Wildman–Crippen MR) is 68.7 cm³/mol. The molecule has 1 aliphatic rings. The summed E-state index contributed by atoms with van der Waals surface area (Å²) in [4.78, 5) is 11.8. The summed E-state index contributed by atoms with van der Waals surface area (Å²) >= 11 is 0. The van der Waals surface area contributed by atoms with Crippen LogP contribution in [0.25, 0.3) is 0 Å². The number of methoxy groups -OCH3 is 1. The summed E-state index contributed by atoms with van der Waals surface area (Å²) in [5, 5.41) is 3.02. The van der Waals surface area contributed by atoms with Crippen LogP contribution >= 0.6 is 0 Å². The Morgan fingerprint density at radius 2 is 1.94 bits per heavy atom. The van der Waals surface area contributed by atoms with Crippen LogP contribution in [-0.2, 0) is 9.53 Å². The largest absolute Gasteiger partial charge is 0.385 e. The molecule has 4 heteroatoms. The van der Waals surface area contributed by atoms with Crippen molar-refractivity contribution in [2.75, 3.05) is 20.3 Å². The molecule has 1 amide bonds. The van der Waals surface area contributed by atoms with Gasteiger partial charge in [0, 0.05) is 32.2 Å². The van der Waals surface area contributed by atoms with E-state index < -0.39 is 0 Å². The highest BCUT2D eigenvalue weighted by Gasteiger charge is 2.23. The number of ether oxygens (including phenoxy) is 1. The van der Waals surface area contributed by atoms with Gasteiger partial charge in [-0.25, -0.2) is 0 Å². The lowest BCUT2D eigenvalue weighted by Gasteiger charge is -2.25. The van der Waals surface area contributed by atoms with Crippen LogP contribution in [0.4, 0.5) is 0 Å². The highest BCUT2D eigenvalue weighted by atomic mass is 16.5. The molecule has 0 saturated heterocycles. The zero-order valence-electron chi connectivity index (χ0n) is 10.9. The maximum atomic E-state index is 11.8. The number of hydrogen-bond donors (Lipinski definition) is 2. The van der Waals surface area contributed by atoms with Crippen molar-refractivity contribution in [3.8, 4) is 0 Å². The molecule has 17 heavy (non-hydrogen) atoms. The Hall–Kier alpha value is -0.610. The van der Waals surface area contributed by atoms with Crippen molar-refractivity contribution >= 4 is 5.91 Å². The molecule has 1 saturated carbocycles. The Morgan fingerprint density at radius 3 is 2.59 bits per heavy atom. The minimum atomic E-state index is 0.203. The third kappa shape index (κ3) is 6.03. The smallest absolute Gasteiger partial charge is 0.223 e. The fourth-order valence-electron chi connectivity index (χ4n) is 2.29. The molecule has 0 aliphatic heterocycles. The average Bonchev–Trinajstić information content (AvgIpc) is 2.34. The molecule has 100 valence electrons. The molecule has 4 nitrogen and oxygen atoms in total. The molecule has 0 atom stereocenters. The van der Waals surface area contributed by atoms with Crippen LogP contribution in [0.1, 0.15) is 44.9 Å². The lowest BCUT2D eigenvalue weighted by molar-refractivity contribution is -0.126. The van der Waals surface area contributed by atoms with Gasteiger partial charge < -0.3 is 15.8 Å². The van der Waals surface area contributed by atoms with E-state index in [4.69, 9.17) is 10.5 Å². The number of amides is 1. The van der Waals surface area contributed by atoms with Crippen molar-refractivity contribution in [1.29, 1.82) is 0 Å². The van der Waals surface area contributed by atoms with Gasteiger partial charge in [0.15, 0.2) is 0 Å². The van der Waals surface area contributed by atoms with Crippen molar-refractivity contribution in [3.05, 3.63) is 0 Å². The molecule has 0 aromatic carbocycles. The van der Waals surface area contributed by atoms with Gasteiger partial charge in [0.1, 0.15) is 0 Å². The normalized spacial score (nSPS) is 24.6. The molecular weight excluding hydrogens is 216 g/mol. The quantitative estimate of drug-likeness (QED) is 0.664. The zero-order chi connectivity index (χ0) is 12.5. The van der Waals surface area contributed by atoms with Gasteiger partial charge in [0.2, 0.25) is 5.91 Å². The molecule has 1 rings (SSSR count). The molecule has 1 fully saturated rings. The minimum absolute atomic E-state index is 0.203. The van der Waals surface area contributed by atoms with Crippen LogP contribution in [0, 0.1) is 5.92 Å². The van der Waals surface area contributed by atoms with Gasteiger partial charge in [-0.2, -0.15) is 0 Å². The summed E-state index contributed by atoms with van der Waals surface area (Å²) in [6, 6.07) is 0.313. The number of hydrogen-bond acceptors (Lipinski definition) is 3. The standard InChI is InChI=1S/C13H26N2O2/c1-17-10-4-2-3-9-15-13(16)11-5-7-12(14)8-6-11/h11-12H,2-10,14H2,1H3,(H,15,16). The predicted octanol–water partition coefficient (Wildman–Crippen LogP) is 1.44. The van der Waals surface area contributed by atoms with Crippen LogP contribution in [0.2, 0.25) is 0 Å². The van der Waals surface area contributed by atoms with E-state index in [1.807, 2.05) is 0 Å². The van der Waals surface area contributed by atoms with Crippen molar-refractivity contribution in [2.45, 2.75) is 51.0 Å². The van der Waals surface area contributed by atoms with E-state index >= 15 is 0 Å². The number of nitrogens with one attached hydrogen (secondary N) is 1. The summed E-state index contributed by atoms with van der Waals surface area (Å²) in [7, 11) is 1.72. The van der Waals surface area contributed by atoms with E-state index in [-0.39, 0.29) is 11.8 Å². The molecule has 0 aromatic heterocycles. The summed E-state index contributed by atoms with van der Waals surface area (Å²) in [6.07, 6.45) is 7.13. The molecule has 0 spiro atoms. The lowest BCUT2D eigenvalue weighted by Crippen LogP contribution is -2.36. The molecule has 1 aliphatic carbocycles. The number of nitrogens with two attached hydrogens (primary N) is 1. The lowest BCUT2D eigenvalue weighted by atomic mass is 9.86. The van der Waals surface area contributed by atoms with Crippen LogP contribution in [0.5, 0.6) is 0 Å². The first-order valence-corrected chi connectivity index (χ1v) is 6.76. The second kappa shape index (κ2) is 8.48. The Labute approximate surface area is 104 Å². The van der Waals surface area contributed by atoms with E-state index in [0.29, 0.717) is 6.04 Å². The third-order valence-electron chi connectivity index (χ3n) is 3.47. The van der Waals surface area contributed by atoms with Crippen molar-refractivity contribution < 1.29 is 9.53 Å². The second-order valence-corrected chi connectivity index (χ2v) is 4.96. The van der Waals surface area contributed by atoms with Gasteiger partial charge in [0.25, 0.3) is 0 Å². The first-order chi connectivity index (χ1) is 8.24. The van der Waals surface area contributed by atoms with Gasteiger partial charge in [-0.05, 0) is 44.9 Å². The van der Waals surface area contributed by atoms with Crippen LogP contribution < -0.4 is 11.1 Å². The van der Waals surface area contributed by atoms with Gasteiger partial charge in [0.05, 0.1) is 0 Å². The van der Waals surface area contributed by atoms with Crippen LogP contribution in [0.3, 0.4) is 0 Å². The molecule has 0 aromatic rings. The molecule has 0 bridgehead atoms. The van der Waals surface area contributed by atoms with Crippen LogP contribution in [-0.4, -0.2) is 32.2 Å². The first kappa shape index (κ1) is 14.5. The SMILES string of the molecule is COCCCCCNC(=O)C1CCC(N)CC1. The van der Waals surface area contributed by atoms with Gasteiger partial charge in [-0.1, -0.05) is 0 Å². The Balaban J connectivity index is 2.01. The maximum absolute atomic E-state index is 11.8. The minimum Gasteiger partial charge on any atom is -0.385 e. The Bertz CT molecular complexity index is 213. The number of carbonyl (C=O) groups excluding carboxylic acids is 1. The number of unbranched alkanes of at least 4 members (excludes halogenated alkanes) is 2. The van der Waals surface area contributed by atoms with E-state index in [2.05, 4.69) is 5.32 Å². The van der Waals surface area contributed by atoms with E-state index in [1.165, 1.54) is 0 Å². The van der Waals surface area contributed by atoms with E-state index in [9.17, 15) is 4.79 Å². The monoisotopic (exact) mass is 242 g/mol. The third-order valence-corrected chi connectivity index (χ3v) is 3.47. The molecule has 3 N–H and O–H groups in total. The fraction of sp³-hybridized carbons (Fsp3) is 0.923. The first-order valence-electron chi connectivity index (χ1n) is 6.76. The summed E-state index contributed by atoms with van der Waals surface area (Å²) < 4.78 is 4.98. The van der Waals surface area contributed by atoms with E-state index in [0.717, 1.165) is 58.1 Å². The van der Waals surface area contributed by atoms with Crippen molar-refractivity contribution in [1.82, 2.24) is 5.32 Å². The van der Waals surface area contributed by atoms with Crippen molar-refractivity contribution in [3.63, 3.8) is 0 Å². The fourth-order valence-corrected chi connectivity index (χ4v) is 2.29. The zero-order valence-corrected chi connectivity index (χ0v) is 10.9. The highest BCUT2D eigenvalue weighted by Crippen LogP contribution is 2.23. The number of rotatable bonds is 7. The summed E-state index contributed by atoms with van der Waals surface area (Å²) in [5.41, 5.74) is 5.82. The highest BCUT2D eigenvalue weighted by molar-refractivity contribution is 5.78. The second-order valence-electron chi connectivity index (χ2n) is 4.96. The van der Waals surface area contributed by atoms with Gasteiger partial charge >= 0.3 is 0 Å². The van der Waals surface area contributed by atoms with Crippen LogP contribution in [0.15, 0.2) is 0 Å². The Morgan fingerprint density at radius 1 is 1.24 bits per heavy atom. The molecule has 0 radical (unpaired) electrons. The summed E-state index contributed by atoms with van der Waals surface area (Å²) in [6.45, 7) is 1.61. The maximum Gasteiger partial charge on any atom is 0.223 e. The van der Waals surface area contributed by atoms with E-state index in [1.54, 1.807) is 7.11 Å².